The summed E-state index contributed by atoms with van der Waals surface area (Å²) in [6.45, 7) is 11.9. The van der Waals surface area contributed by atoms with Crippen molar-refractivity contribution < 1.29 is 18.1 Å². The van der Waals surface area contributed by atoms with Crippen LogP contribution in [0.15, 0.2) is 42.5 Å². The van der Waals surface area contributed by atoms with Crippen molar-refractivity contribution >= 4 is 60.1 Å². The van der Waals surface area contributed by atoms with Crippen molar-refractivity contribution in [2.75, 3.05) is 43.7 Å². The Kier molecular flexibility index (Phi) is 15.3. The molecule has 2 N–H and O–H groups in total. The second-order valence-electron chi connectivity index (χ2n) is 11.0. The van der Waals surface area contributed by atoms with Gasteiger partial charge in [-0.15, -0.1) is 0 Å². The first kappa shape index (κ1) is 38.1. The van der Waals surface area contributed by atoms with Crippen LogP contribution in [0.2, 0.25) is 16.1 Å². The highest BCUT2D eigenvalue weighted by Gasteiger charge is 2.39. The lowest BCUT2D eigenvalue weighted by atomic mass is 9.92. The average molecular weight is 699 g/mol. The van der Waals surface area contributed by atoms with E-state index in [1.807, 2.05) is 52.8 Å². The molecule has 9 nitrogen and oxygen atoms in total. The summed E-state index contributed by atoms with van der Waals surface area (Å²) in [5.74, 6) is -0.231. The number of nitrogens with one attached hydrogen (secondary N) is 2. The Morgan fingerprint density at radius 3 is 2.15 bits per heavy atom. The third kappa shape index (κ3) is 9.61. The van der Waals surface area contributed by atoms with E-state index in [-0.39, 0.29) is 50.8 Å². The maximum atomic E-state index is 13.8. The quantitative estimate of drug-likeness (QED) is 0.0724. The number of fused-ring (bicyclic) bond motifs is 1. The van der Waals surface area contributed by atoms with Crippen LogP contribution in [0.5, 0.6) is 0 Å². The molecule has 0 radical (unpaired) electrons. The highest BCUT2D eigenvalue weighted by molar-refractivity contribution is 6.60. The van der Waals surface area contributed by atoms with Crippen molar-refractivity contribution in [1.29, 1.82) is 10.5 Å². The lowest BCUT2D eigenvalue weighted by molar-refractivity contribution is -0.130. The van der Waals surface area contributed by atoms with Crippen molar-refractivity contribution in [1.82, 2.24) is 5.01 Å². The van der Waals surface area contributed by atoms with Gasteiger partial charge in [-0.05, 0) is 55.9 Å². The van der Waals surface area contributed by atoms with E-state index >= 15 is 0 Å². The number of rotatable bonds is 19. The summed E-state index contributed by atoms with van der Waals surface area (Å²) >= 11 is 13.3. The zero-order valence-corrected chi connectivity index (χ0v) is 30.4. The molecular formula is C35H45Cl2N5O4Si. The fraction of sp³-hybridized carbons (Fsp3) is 0.457. The molecule has 0 spiro atoms. The number of anilines is 2. The van der Waals surface area contributed by atoms with E-state index in [0.717, 1.165) is 29.2 Å². The van der Waals surface area contributed by atoms with Gasteiger partial charge < -0.3 is 18.6 Å². The molecule has 0 unspecified atom stereocenters. The topological polar surface area (TPSA) is 120 Å². The summed E-state index contributed by atoms with van der Waals surface area (Å²) < 4.78 is 17.9. The number of nitriles is 2. The molecule has 252 valence electrons. The second-order valence-corrected chi connectivity index (χ2v) is 14.5. The van der Waals surface area contributed by atoms with Crippen LogP contribution in [-0.4, -0.2) is 52.6 Å². The van der Waals surface area contributed by atoms with Crippen LogP contribution in [0.4, 0.5) is 11.4 Å². The SMILES string of the molecule is CCCCN(Nc1c(Cl)c(Cl)c(C#N)c(NCCC[Si](OCC)(OCC)OCC)c1C#N)C(=O)C[C@@H](C)c1cccc2ccccc12. The number of nitrogens with zero attached hydrogens (tertiary/aromatic N) is 3. The lowest BCUT2D eigenvalue weighted by Gasteiger charge is -2.29. The van der Waals surface area contributed by atoms with Crippen LogP contribution in [0.1, 0.15) is 82.9 Å². The fourth-order valence-electron chi connectivity index (χ4n) is 5.56. The van der Waals surface area contributed by atoms with Crippen molar-refractivity contribution in [3.05, 3.63) is 69.2 Å². The average Bonchev–Trinajstić information content (AvgIpc) is 3.07. The van der Waals surface area contributed by atoms with E-state index in [2.05, 4.69) is 47.1 Å². The van der Waals surface area contributed by atoms with Crippen LogP contribution in [-0.2, 0) is 18.1 Å². The minimum Gasteiger partial charge on any atom is -0.383 e. The van der Waals surface area contributed by atoms with Gasteiger partial charge in [-0.1, -0.05) is 85.9 Å². The maximum absolute atomic E-state index is 13.8. The molecule has 1 atom stereocenters. The van der Waals surface area contributed by atoms with Gasteiger partial charge >= 0.3 is 8.80 Å². The molecule has 12 heteroatoms. The number of hydrazine groups is 1. The number of amides is 1. The molecule has 3 aromatic rings. The van der Waals surface area contributed by atoms with Crippen LogP contribution in [0, 0.1) is 22.7 Å². The molecule has 0 saturated carbocycles. The molecule has 0 fully saturated rings. The van der Waals surface area contributed by atoms with Crippen molar-refractivity contribution in [2.45, 2.75) is 72.3 Å². The molecular weight excluding hydrogens is 653 g/mol. The first-order valence-corrected chi connectivity index (χ1v) is 18.9. The summed E-state index contributed by atoms with van der Waals surface area (Å²) in [6, 6.07) is 19.1. The van der Waals surface area contributed by atoms with E-state index in [1.165, 1.54) is 5.01 Å². The number of carbonyl (C=O) groups excluding carboxylic acids is 1. The number of carbonyl (C=O) groups is 1. The summed E-state index contributed by atoms with van der Waals surface area (Å²) in [5, 5.41) is 27.3. The van der Waals surface area contributed by atoms with E-state index in [0.29, 0.717) is 45.4 Å². The van der Waals surface area contributed by atoms with Gasteiger partial charge in [0.15, 0.2) is 0 Å². The van der Waals surface area contributed by atoms with Gasteiger partial charge in [-0.25, -0.2) is 0 Å². The predicted octanol–water partition coefficient (Wildman–Crippen LogP) is 8.89. The minimum atomic E-state index is -2.88. The van der Waals surface area contributed by atoms with Crippen LogP contribution >= 0.6 is 23.2 Å². The first-order valence-electron chi connectivity index (χ1n) is 16.3. The molecule has 0 bridgehead atoms. The van der Waals surface area contributed by atoms with Gasteiger partial charge in [0.2, 0.25) is 5.91 Å². The van der Waals surface area contributed by atoms with Crippen molar-refractivity contribution in [3.63, 3.8) is 0 Å². The third-order valence-electron chi connectivity index (χ3n) is 7.78. The van der Waals surface area contributed by atoms with E-state index in [4.69, 9.17) is 36.5 Å². The molecule has 0 saturated heterocycles. The zero-order chi connectivity index (χ0) is 34.4. The Balaban J connectivity index is 1.90. The molecule has 0 heterocycles. The standard InChI is InChI=1S/C35H45Cl2N5O4Si/c1-6-10-20-42(31(43)22-25(5)27-18-13-16-26-15-11-12-17-28(26)27)41-35-30(24-39)34(29(23-38)32(36)33(35)37)40-19-14-21-47(44-7-2,45-8-3)46-9-4/h11-13,15-18,25,40-41H,6-10,14,19-22H2,1-5H3/t25-/m1/s1. The van der Waals surface area contributed by atoms with Gasteiger partial charge in [0.25, 0.3) is 0 Å². The zero-order valence-electron chi connectivity index (χ0n) is 27.9. The van der Waals surface area contributed by atoms with E-state index < -0.39 is 8.80 Å². The molecule has 3 aromatic carbocycles. The smallest absolute Gasteiger partial charge is 0.383 e. The molecule has 0 aromatic heterocycles. The lowest BCUT2D eigenvalue weighted by Crippen LogP contribution is -2.46. The van der Waals surface area contributed by atoms with E-state index in [1.54, 1.807) is 0 Å². The third-order valence-corrected chi connectivity index (χ3v) is 11.8. The maximum Gasteiger partial charge on any atom is 0.500 e. The Bertz CT molecular complexity index is 1570. The summed E-state index contributed by atoms with van der Waals surface area (Å²) in [4.78, 5) is 13.8. The van der Waals surface area contributed by atoms with Crippen LogP contribution < -0.4 is 10.7 Å². The monoisotopic (exact) mass is 697 g/mol. The Hall–Kier alpha value is -3.35. The molecule has 1 amide bonds. The van der Waals surface area contributed by atoms with Gasteiger partial charge in [0, 0.05) is 45.4 Å². The molecule has 3 rings (SSSR count). The first-order chi connectivity index (χ1) is 22.7. The van der Waals surface area contributed by atoms with Gasteiger partial charge in [0.1, 0.15) is 17.7 Å². The van der Waals surface area contributed by atoms with Crippen LogP contribution in [0.3, 0.4) is 0 Å². The van der Waals surface area contributed by atoms with Gasteiger partial charge in [-0.2, -0.15) is 10.5 Å². The number of hydrogen-bond acceptors (Lipinski definition) is 8. The number of unbranched alkanes of at least 4 members (excludes halogenated alkanes) is 1. The van der Waals surface area contributed by atoms with Crippen molar-refractivity contribution in [2.24, 2.45) is 0 Å². The molecule has 0 aliphatic carbocycles. The summed E-state index contributed by atoms with van der Waals surface area (Å²) in [7, 11) is -2.88. The van der Waals surface area contributed by atoms with E-state index in [9.17, 15) is 15.3 Å². The Labute approximate surface area is 290 Å². The number of benzene rings is 3. The normalized spacial score (nSPS) is 11.9. The number of halogens is 2. The van der Waals surface area contributed by atoms with Crippen molar-refractivity contribution in [3.8, 4) is 12.1 Å². The summed E-state index contributed by atoms with van der Waals surface area (Å²) in [6.07, 6.45) is 2.38. The highest BCUT2D eigenvalue weighted by atomic mass is 35.5. The Morgan fingerprint density at radius 2 is 1.53 bits per heavy atom. The van der Waals surface area contributed by atoms with Crippen LogP contribution in [0.25, 0.3) is 10.8 Å². The van der Waals surface area contributed by atoms with Gasteiger partial charge in [0.05, 0.1) is 27.0 Å². The Morgan fingerprint density at radius 1 is 0.894 bits per heavy atom. The molecule has 0 aliphatic heterocycles. The summed E-state index contributed by atoms with van der Waals surface area (Å²) in [5.41, 5.74) is 4.78. The predicted molar refractivity (Wildman–Crippen MR) is 192 cm³/mol. The minimum absolute atomic E-state index is 0.00261. The molecule has 47 heavy (non-hydrogen) atoms. The number of hydrogen-bond donors (Lipinski definition) is 2. The largest absolute Gasteiger partial charge is 0.500 e. The molecule has 0 aliphatic rings. The second kappa shape index (κ2) is 18.8. The van der Waals surface area contributed by atoms with Gasteiger partial charge in [-0.3, -0.25) is 15.2 Å². The fourth-order valence-corrected chi connectivity index (χ4v) is 8.64. The highest BCUT2D eigenvalue weighted by Crippen LogP contribution is 2.42.